The van der Waals surface area contributed by atoms with Gasteiger partial charge in [-0.25, -0.2) is 9.59 Å². The highest BCUT2D eigenvalue weighted by Crippen LogP contribution is 2.42. The molecule has 1 heterocycles. The predicted molar refractivity (Wildman–Crippen MR) is 89.1 cm³/mol. The molecule has 3 rings (SSSR count). The summed E-state index contributed by atoms with van der Waals surface area (Å²) in [5.41, 5.74) is 1.07. The fourth-order valence-electron chi connectivity index (χ4n) is 2.42. The molecule has 2 aromatic carbocycles. The molecule has 0 saturated carbocycles. The van der Waals surface area contributed by atoms with Crippen LogP contribution in [0.5, 0.6) is 0 Å². The van der Waals surface area contributed by atoms with Gasteiger partial charge in [0, 0.05) is 0 Å². The van der Waals surface area contributed by atoms with Crippen molar-refractivity contribution in [3.05, 3.63) is 71.8 Å². The molecule has 0 radical (unpaired) electrons. The Morgan fingerprint density at radius 3 is 1.30 bits per heavy atom. The molecule has 0 amide bonds. The maximum absolute atomic E-state index is 11.7. The van der Waals surface area contributed by atoms with Crippen LogP contribution >= 0.6 is 11.3 Å². The largest absolute Gasteiger partial charge is 0.478 e. The number of carboxylic acids is 2. The summed E-state index contributed by atoms with van der Waals surface area (Å²) in [6.07, 6.45) is 0. The van der Waals surface area contributed by atoms with Crippen LogP contribution in [-0.4, -0.2) is 22.2 Å². The Balaban J connectivity index is 2.34. The summed E-state index contributed by atoms with van der Waals surface area (Å²) in [5.74, 6) is -2.47. The molecule has 0 fully saturated rings. The fraction of sp³-hybridized carbons (Fsp3) is 0. The average Bonchev–Trinajstić information content (AvgIpc) is 2.97. The molecule has 0 spiro atoms. The molecule has 2 N–H and O–H groups in total. The van der Waals surface area contributed by atoms with Gasteiger partial charge < -0.3 is 10.2 Å². The predicted octanol–water partition coefficient (Wildman–Crippen LogP) is 4.48. The Morgan fingerprint density at radius 1 is 0.652 bits per heavy atom. The SMILES string of the molecule is O=C(O)c1c(-c2ccccc2)sc(-c2ccccc2)c1C(=O)O. The third-order valence-corrected chi connectivity index (χ3v) is 4.70. The first kappa shape index (κ1) is 15.0. The summed E-state index contributed by atoms with van der Waals surface area (Å²) in [7, 11) is 0. The zero-order valence-corrected chi connectivity index (χ0v) is 12.7. The molecule has 5 heteroatoms. The normalized spacial score (nSPS) is 10.4. The van der Waals surface area contributed by atoms with Crippen molar-refractivity contribution in [3.63, 3.8) is 0 Å². The lowest BCUT2D eigenvalue weighted by atomic mass is 10.0. The van der Waals surface area contributed by atoms with E-state index in [1.165, 1.54) is 11.3 Å². The van der Waals surface area contributed by atoms with Gasteiger partial charge >= 0.3 is 11.9 Å². The third-order valence-electron chi connectivity index (χ3n) is 3.41. The lowest BCUT2D eigenvalue weighted by molar-refractivity contribution is 0.0654. The number of aromatic carboxylic acids is 2. The van der Waals surface area contributed by atoms with Crippen LogP contribution in [0.2, 0.25) is 0 Å². The van der Waals surface area contributed by atoms with Gasteiger partial charge in [0.2, 0.25) is 0 Å². The number of benzene rings is 2. The number of carbonyl (C=O) groups is 2. The molecule has 1 aromatic heterocycles. The third kappa shape index (κ3) is 2.74. The van der Waals surface area contributed by atoms with E-state index in [-0.39, 0.29) is 11.1 Å². The minimum absolute atomic E-state index is 0.160. The summed E-state index contributed by atoms with van der Waals surface area (Å²) in [6.45, 7) is 0. The molecule has 114 valence electrons. The summed E-state index contributed by atoms with van der Waals surface area (Å²) < 4.78 is 0. The van der Waals surface area contributed by atoms with Crippen molar-refractivity contribution in [2.75, 3.05) is 0 Å². The van der Waals surface area contributed by atoms with Crippen molar-refractivity contribution >= 4 is 23.3 Å². The Hall–Kier alpha value is -2.92. The number of carboxylic acid groups (broad SMARTS) is 2. The van der Waals surface area contributed by atoms with Crippen LogP contribution in [0.3, 0.4) is 0 Å². The molecule has 3 aromatic rings. The first-order valence-corrected chi connectivity index (χ1v) is 7.65. The highest BCUT2D eigenvalue weighted by atomic mass is 32.1. The van der Waals surface area contributed by atoms with Gasteiger partial charge in [-0.3, -0.25) is 0 Å². The number of hydrogen-bond donors (Lipinski definition) is 2. The van der Waals surface area contributed by atoms with Crippen molar-refractivity contribution in [2.45, 2.75) is 0 Å². The van der Waals surface area contributed by atoms with Gasteiger partial charge in [0.15, 0.2) is 0 Å². The van der Waals surface area contributed by atoms with Gasteiger partial charge in [-0.2, -0.15) is 0 Å². The molecule has 0 bridgehead atoms. The van der Waals surface area contributed by atoms with Crippen molar-refractivity contribution in [3.8, 4) is 20.9 Å². The second-order valence-electron chi connectivity index (χ2n) is 4.85. The second-order valence-corrected chi connectivity index (χ2v) is 5.87. The molecule has 0 aliphatic heterocycles. The summed E-state index contributed by atoms with van der Waals surface area (Å²) in [6, 6.07) is 17.9. The Morgan fingerprint density at radius 2 is 1.00 bits per heavy atom. The maximum atomic E-state index is 11.7. The molecule has 23 heavy (non-hydrogen) atoms. The van der Waals surface area contributed by atoms with Gasteiger partial charge in [0.1, 0.15) is 0 Å². The van der Waals surface area contributed by atoms with Gasteiger partial charge in [0.05, 0.1) is 20.9 Å². The van der Waals surface area contributed by atoms with Gasteiger partial charge in [-0.05, 0) is 11.1 Å². The van der Waals surface area contributed by atoms with Crippen LogP contribution in [0.15, 0.2) is 60.7 Å². The number of rotatable bonds is 4. The molecule has 0 aliphatic carbocycles. The van der Waals surface area contributed by atoms with E-state index in [2.05, 4.69) is 0 Å². The van der Waals surface area contributed by atoms with Crippen LogP contribution in [0, 0.1) is 0 Å². The summed E-state index contributed by atoms with van der Waals surface area (Å²) in [5, 5.41) is 19.1. The van der Waals surface area contributed by atoms with Crippen LogP contribution in [-0.2, 0) is 0 Å². The van der Waals surface area contributed by atoms with E-state index >= 15 is 0 Å². The molecule has 0 aliphatic rings. The quantitative estimate of drug-likeness (QED) is 0.742. The fourth-order valence-corrected chi connectivity index (χ4v) is 3.72. The molecular weight excluding hydrogens is 312 g/mol. The van der Waals surface area contributed by atoms with E-state index in [0.717, 1.165) is 0 Å². The number of hydrogen-bond acceptors (Lipinski definition) is 3. The lowest BCUT2D eigenvalue weighted by Crippen LogP contribution is -2.07. The molecule has 0 unspecified atom stereocenters. The van der Waals surface area contributed by atoms with Crippen molar-refractivity contribution in [1.82, 2.24) is 0 Å². The smallest absolute Gasteiger partial charge is 0.338 e. The van der Waals surface area contributed by atoms with Gasteiger partial charge in [-0.1, -0.05) is 60.7 Å². The Bertz CT molecular complexity index is 795. The first-order chi connectivity index (χ1) is 11.1. The molecule has 4 nitrogen and oxygen atoms in total. The van der Waals surface area contributed by atoms with E-state index in [9.17, 15) is 19.8 Å². The Labute approximate surface area is 136 Å². The van der Waals surface area contributed by atoms with Crippen molar-refractivity contribution < 1.29 is 19.8 Å². The summed E-state index contributed by atoms with van der Waals surface area (Å²) in [4.78, 5) is 24.3. The average molecular weight is 324 g/mol. The van der Waals surface area contributed by atoms with Gasteiger partial charge in [0.25, 0.3) is 0 Å². The van der Waals surface area contributed by atoms with Crippen LogP contribution in [0.4, 0.5) is 0 Å². The topological polar surface area (TPSA) is 74.6 Å². The first-order valence-electron chi connectivity index (χ1n) is 6.84. The second kappa shape index (κ2) is 6.06. The van der Waals surface area contributed by atoms with Crippen molar-refractivity contribution in [1.29, 1.82) is 0 Å². The zero-order valence-electron chi connectivity index (χ0n) is 11.9. The monoisotopic (exact) mass is 324 g/mol. The Kier molecular flexibility index (Phi) is 3.95. The van der Waals surface area contributed by atoms with E-state index < -0.39 is 11.9 Å². The van der Waals surface area contributed by atoms with Crippen molar-refractivity contribution in [2.24, 2.45) is 0 Å². The molecule has 0 saturated heterocycles. The van der Waals surface area contributed by atoms with Crippen LogP contribution in [0.25, 0.3) is 20.9 Å². The maximum Gasteiger partial charge on any atom is 0.338 e. The lowest BCUT2D eigenvalue weighted by Gasteiger charge is -2.01. The highest BCUT2D eigenvalue weighted by molar-refractivity contribution is 7.19. The molecule has 0 atom stereocenters. The van der Waals surface area contributed by atoms with E-state index in [1.54, 1.807) is 48.5 Å². The minimum atomic E-state index is -1.24. The van der Waals surface area contributed by atoms with E-state index in [1.807, 2.05) is 12.1 Å². The van der Waals surface area contributed by atoms with Crippen LogP contribution < -0.4 is 0 Å². The number of thiophene rings is 1. The van der Waals surface area contributed by atoms with E-state index in [4.69, 9.17) is 0 Å². The minimum Gasteiger partial charge on any atom is -0.478 e. The zero-order chi connectivity index (χ0) is 16.4. The van der Waals surface area contributed by atoms with Gasteiger partial charge in [-0.15, -0.1) is 11.3 Å². The standard InChI is InChI=1S/C18H12O4S/c19-17(20)13-14(18(21)22)16(12-9-5-2-6-10-12)23-15(13)11-7-3-1-4-8-11/h1-10H,(H,19,20)(H,21,22). The molecular formula is C18H12O4S. The summed E-state index contributed by atoms with van der Waals surface area (Å²) >= 11 is 1.19. The van der Waals surface area contributed by atoms with E-state index in [0.29, 0.717) is 20.9 Å². The van der Waals surface area contributed by atoms with Crippen LogP contribution in [0.1, 0.15) is 20.7 Å². The highest BCUT2D eigenvalue weighted by Gasteiger charge is 2.29.